The molecule has 0 atom stereocenters. The van der Waals surface area contributed by atoms with Crippen molar-refractivity contribution >= 4 is 11.0 Å². The molecule has 0 aliphatic heterocycles. The minimum Gasteiger partial charge on any atom is -0.306 e. The molecule has 1 aromatic heterocycles. The van der Waals surface area contributed by atoms with E-state index in [0.717, 1.165) is 23.0 Å². The molecule has 0 aliphatic carbocycles. The van der Waals surface area contributed by atoms with Crippen molar-refractivity contribution in [3.8, 4) is 0 Å². The van der Waals surface area contributed by atoms with Crippen molar-refractivity contribution < 1.29 is 0 Å². The van der Waals surface area contributed by atoms with Crippen molar-refractivity contribution in [1.29, 1.82) is 0 Å². The molecule has 0 saturated heterocycles. The van der Waals surface area contributed by atoms with Crippen LogP contribution < -0.4 is 5.69 Å². The highest BCUT2D eigenvalue weighted by Gasteiger charge is 2.05. The normalized spacial score (nSPS) is 10.6. The van der Waals surface area contributed by atoms with Gasteiger partial charge in [-0.2, -0.15) is 0 Å². The van der Waals surface area contributed by atoms with Gasteiger partial charge < -0.3 is 4.98 Å². The predicted octanol–water partition coefficient (Wildman–Crippen LogP) is 1.60. The Kier molecular flexibility index (Phi) is 2.00. The van der Waals surface area contributed by atoms with Crippen molar-refractivity contribution in [2.24, 2.45) is 7.05 Å². The third-order valence-electron chi connectivity index (χ3n) is 2.37. The van der Waals surface area contributed by atoms with Gasteiger partial charge in [-0.1, -0.05) is 18.2 Å². The zero-order valence-corrected chi connectivity index (χ0v) is 8.08. The van der Waals surface area contributed by atoms with E-state index in [9.17, 15) is 4.79 Å². The van der Waals surface area contributed by atoms with E-state index in [1.807, 2.05) is 24.3 Å². The summed E-state index contributed by atoms with van der Waals surface area (Å²) in [5, 5.41) is 0. The minimum atomic E-state index is -0.0727. The molecule has 0 aliphatic rings. The molecule has 0 radical (unpaired) electrons. The van der Waals surface area contributed by atoms with Gasteiger partial charge in [-0.25, -0.2) is 4.79 Å². The average molecular weight is 188 g/mol. The Hall–Kier alpha value is -1.77. The summed E-state index contributed by atoms with van der Waals surface area (Å²) in [7, 11) is 1.77. The number of nitrogens with zero attached hydrogens (tertiary/aromatic N) is 1. The third kappa shape index (κ3) is 1.18. The summed E-state index contributed by atoms with van der Waals surface area (Å²) in [6.07, 6.45) is 2.62. The molecule has 0 spiro atoms. The molecule has 0 unspecified atom stereocenters. The van der Waals surface area contributed by atoms with Gasteiger partial charge in [0.15, 0.2) is 0 Å². The second-order valence-electron chi connectivity index (χ2n) is 3.30. The summed E-state index contributed by atoms with van der Waals surface area (Å²) in [5.41, 5.74) is 2.91. The molecular weight excluding hydrogens is 176 g/mol. The molecule has 0 fully saturated rings. The number of aromatic amines is 1. The Morgan fingerprint density at radius 2 is 2.36 bits per heavy atom. The number of aromatic nitrogens is 2. The van der Waals surface area contributed by atoms with E-state index < -0.39 is 0 Å². The van der Waals surface area contributed by atoms with Crippen LogP contribution in [-0.4, -0.2) is 9.55 Å². The highest BCUT2D eigenvalue weighted by molar-refractivity contribution is 5.79. The lowest BCUT2D eigenvalue weighted by Crippen LogP contribution is -2.12. The van der Waals surface area contributed by atoms with E-state index in [2.05, 4.69) is 11.6 Å². The van der Waals surface area contributed by atoms with Gasteiger partial charge in [-0.3, -0.25) is 4.57 Å². The van der Waals surface area contributed by atoms with Crippen LogP contribution in [0.2, 0.25) is 0 Å². The molecule has 14 heavy (non-hydrogen) atoms. The fourth-order valence-electron chi connectivity index (χ4n) is 1.71. The first-order valence-corrected chi connectivity index (χ1v) is 4.51. The molecule has 3 heteroatoms. The van der Waals surface area contributed by atoms with Gasteiger partial charge in [0.1, 0.15) is 0 Å². The molecule has 0 saturated carbocycles. The van der Waals surface area contributed by atoms with E-state index >= 15 is 0 Å². The molecular formula is C11H12N2O. The minimum absolute atomic E-state index is 0.0727. The molecule has 1 heterocycles. The van der Waals surface area contributed by atoms with Crippen molar-refractivity contribution in [2.75, 3.05) is 0 Å². The van der Waals surface area contributed by atoms with Crippen LogP contribution >= 0.6 is 0 Å². The summed E-state index contributed by atoms with van der Waals surface area (Å²) in [6, 6.07) is 5.86. The van der Waals surface area contributed by atoms with Gasteiger partial charge in [-0.15, -0.1) is 6.58 Å². The maximum atomic E-state index is 11.4. The van der Waals surface area contributed by atoms with Crippen LogP contribution in [0.1, 0.15) is 5.56 Å². The second-order valence-corrected chi connectivity index (χ2v) is 3.30. The Bertz CT molecular complexity index is 534. The van der Waals surface area contributed by atoms with Crippen LogP contribution in [0.4, 0.5) is 0 Å². The molecule has 0 bridgehead atoms. The van der Waals surface area contributed by atoms with Gasteiger partial charge in [0.25, 0.3) is 0 Å². The fraction of sp³-hybridized carbons (Fsp3) is 0.182. The molecule has 3 nitrogen and oxygen atoms in total. The molecule has 72 valence electrons. The largest absolute Gasteiger partial charge is 0.326 e. The maximum absolute atomic E-state index is 11.4. The number of imidazole rings is 1. The highest BCUT2D eigenvalue weighted by atomic mass is 16.1. The van der Waals surface area contributed by atoms with Crippen LogP contribution in [0.15, 0.2) is 35.6 Å². The quantitative estimate of drug-likeness (QED) is 0.714. The van der Waals surface area contributed by atoms with Crippen molar-refractivity contribution in [1.82, 2.24) is 9.55 Å². The summed E-state index contributed by atoms with van der Waals surface area (Å²) in [4.78, 5) is 14.2. The van der Waals surface area contributed by atoms with Gasteiger partial charge in [0, 0.05) is 7.05 Å². The first kappa shape index (κ1) is 8.81. The average Bonchev–Trinajstić information content (AvgIpc) is 2.45. The van der Waals surface area contributed by atoms with Gasteiger partial charge in [0.05, 0.1) is 11.0 Å². The zero-order chi connectivity index (χ0) is 10.1. The number of benzene rings is 1. The summed E-state index contributed by atoms with van der Waals surface area (Å²) in [5.74, 6) is 0. The van der Waals surface area contributed by atoms with Gasteiger partial charge >= 0.3 is 5.69 Å². The predicted molar refractivity (Wildman–Crippen MR) is 57.4 cm³/mol. The van der Waals surface area contributed by atoms with Crippen LogP contribution in [0, 0.1) is 0 Å². The van der Waals surface area contributed by atoms with E-state index in [1.54, 1.807) is 11.6 Å². The van der Waals surface area contributed by atoms with Crippen LogP contribution in [-0.2, 0) is 13.5 Å². The van der Waals surface area contributed by atoms with E-state index in [-0.39, 0.29) is 5.69 Å². The fourth-order valence-corrected chi connectivity index (χ4v) is 1.71. The monoisotopic (exact) mass is 188 g/mol. The van der Waals surface area contributed by atoms with Gasteiger partial charge in [0.2, 0.25) is 0 Å². The number of rotatable bonds is 2. The molecule has 2 rings (SSSR count). The number of nitrogens with one attached hydrogen (secondary N) is 1. The number of H-pyrrole nitrogens is 1. The van der Waals surface area contributed by atoms with Crippen molar-refractivity contribution in [2.45, 2.75) is 6.42 Å². The second kappa shape index (κ2) is 3.18. The first-order chi connectivity index (χ1) is 6.74. The zero-order valence-electron chi connectivity index (χ0n) is 8.08. The summed E-state index contributed by atoms with van der Waals surface area (Å²) in [6.45, 7) is 3.70. The van der Waals surface area contributed by atoms with Crippen LogP contribution in [0.25, 0.3) is 11.0 Å². The molecule has 1 N–H and O–H groups in total. The Morgan fingerprint density at radius 3 is 3.07 bits per heavy atom. The number of hydrogen-bond acceptors (Lipinski definition) is 1. The lowest BCUT2D eigenvalue weighted by Gasteiger charge is -2.00. The van der Waals surface area contributed by atoms with Crippen LogP contribution in [0.3, 0.4) is 0 Å². The number of allylic oxidation sites excluding steroid dienone is 1. The first-order valence-electron chi connectivity index (χ1n) is 4.51. The summed E-state index contributed by atoms with van der Waals surface area (Å²) < 4.78 is 1.63. The number of para-hydroxylation sites is 1. The van der Waals surface area contributed by atoms with E-state index in [4.69, 9.17) is 0 Å². The number of hydrogen-bond donors (Lipinski definition) is 1. The SMILES string of the molecule is C=CCc1cccc2[nH]c(=O)n(C)c12. The highest BCUT2D eigenvalue weighted by Crippen LogP contribution is 2.15. The van der Waals surface area contributed by atoms with Crippen molar-refractivity contribution in [3.05, 3.63) is 46.9 Å². The topological polar surface area (TPSA) is 37.8 Å². The Labute approximate surface area is 81.7 Å². The Morgan fingerprint density at radius 1 is 1.57 bits per heavy atom. The Balaban J connectivity index is 2.83. The van der Waals surface area contributed by atoms with E-state index in [1.165, 1.54) is 0 Å². The summed E-state index contributed by atoms with van der Waals surface area (Å²) >= 11 is 0. The standard InChI is InChI=1S/C11H12N2O/c1-3-5-8-6-4-7-9-10(8)13(2)11(14)12-9/h3-4,6-7H,1,5H2,2H3,(H,12,14). The lowest BCUT2D eigenvalue weighted by atomic mass is 10.1. The lowest BCUT2D eigenvalue weighted by molar-refractivity contribution is 0.887. The maximum Gasteiger partial charge on any atom is 0.326 e. The molecule has 2 aromatic rings. The van der Waals surface area contributed by atoms with Crippen molar-refractivity contribution in [3.63, 3.8) is 0 Å². The third-order valence-corrected chi connectivity index (χ3v) is 2.37. The van der Waals surface area contributed by atoms with Gasteiger partial charge in [-0.05, 0) is 18.1 Å². The smallest absolute Gasteiger partial charge is 0.306 e. The van der Waals surface area contributed by atoms with E-state index in [0.29, 0.717) is 0 Å². The van der Waals surface area contributed by atoms with Crippen LogP contribution in [0.5, 0.6) is 0 Å². The molecule has 0 amide bonds. The number of fused-ring (bicyclic) bond motifs is 1. The number of aryl methyl sites for hydroxylation is 1. The molecule has 1 aromatic carbocycles.